The summed E-state index contributed by atoms with van der Waals surface area (Å²) < 4.78 is 10.8. The molecule has 1 fully saturated rings. The van der Waals surface area contributed by atoms with Gasteiger partial charge in [0.25, 0.3) is 0 Å². The zero-order chi connectivity index (χ0) is 14.9. The van der Waals surface area contributed by atoms with Gasteiger partial charge in [0, 0.05) is 31.9 Å². The Morgan fingerprint density at radius 1 is 1.29 bits per heavy atom. The molecule has 0 saturated carbocycles. The Bertz CT molecular complexity index is 430. The maximum atomic E-state index is 11.7. The highest BCUT2D eigenvalue weighted by molar-refractivity contribution is 5.75. The van der Waals surface area contributed by atoms with Crippen LogP contribution in [0, 0.1) is 0 Å². The van der Waals surface area contributed by atoms with Crippen LogP contribution >= 0.6 is 0 Å². The van der Waals surface area contributed by atoms with Gasteiger partial charge in [-0.2, -0.15) is 0 Å². The summed E-state index contributed by atoms with van der Waals surface area (Å²) in [5.41, 5.74) is 6.29. The van der Waals surface area contributed by atoms with E-state index in [1.807, 2.05) is 0 Å². The van der Waals surface area contributed by atoms with E-state index < -0.39 is 0 Å². The van der Waals surface area contributed by atoms with Crippen molar-refractivity contribution in [1.82, 2.24) is 10.2 Å². The van der Waals surface area contributed by atoms with Crippen LogP contribution in [-0.4, -0.2) is 56.8 Å². The van der Waals surface area contributed by atoms with E-state index in [2.05, 4.69) is 10.2 Å². The molecule has 6 heteroatoms. The Kier molecular flexibility index (Phi) is 6.30. The summed E-state index contributed by atoms with van der Waals surface area (Å²) in [6.45, 7) is 5.35. The molecule has 6 nitrogen and oxygen atoms in total. The zero-order valence-electron chi connectivity index (χ0n) is 12.2. The number of amides is 1. The Hall–Kier alpha value is -1.79. The minimum Gasteiger partial charge on any atom is -0.493 e. The van der Waals surface area contributed by atoms with Crippen LogP contribution in [0.2, 0.25) is 0 Å². The third-order valence-corrected chi connectivity index (χ3v) is 3.33. The van der Waals surface area contributed by atoms with Crippen LogP contribution in [0.5, 0.6) is 5.75 Å². The van der Waals surface area contributed by atoms with Crippen LogP contribution < -0.4 is 15.8 Å². The number of ether oxygens (including phenoxy) is 2. The number of nitrogens with zero attached hydrogens (tertiary/aromatic N) is 1. The highest BCUT2D eigenvalue weighted by Crippen LogP contribution is 2.12. The molecule has 0 radical (unpaired) electrons. The lowest BCUT2D eigenvalue weighted by molar-refractivity contribution is -0.121. The lowest BCUT2D eigenvalue weighted by atomic mass is 10.3. The van der Waals surface area contributed by atoms with Crippen molar-refractivity contribution >= 4 is 11.6 Å². The number of carbonyl (C=O) groups is 1. The van der Waals surface area contributed by atoms with Gasteiger partial charge in [-0.3, -0.25) is 9.69 Å². The van der Waals surface area contributed by atoms with Gasteiger partial charge < -0.3 is 20.5 Å². The average Bonchev–Trinajstić information content (AvgIpc) is 2.50. The molecule has 1 aromatic carbocycles. The molecular formula is C15H23N3O3. The fraction of sp³-hybridized carbons (Fsp3) is 0.533. The standard InChI is InChI=1S/C15H23N3O3/c16-13-1-3-14(4-2-13)21-10-5-15(19)17-6-7-18-8-11-20-12-9-18/h1-4H,5-12,16H2,(H,17,19). The molecule has 3 N–H and O–H groups in total. The first-order valence-electron chi connectivity index (χ1n) is 7.29. The third-order valence-electron chi connectivity index (χ3n) is 3.33. The molecule has 2 rings (SSSR count). The number of hydrogen-bond acceptors (Lipinski definition) is 5. The third kappa shape index (κ3) is 6.01. The molecule has 0 atom stereocenters. The number of nitrogen functional groups attached to an aromatic ring is 1. The topological polar surface area (TPSA) is 76.8 Å². The van der Waals surface area contributed by atoms with Crippen LogP contribution in [0.15, 0.2) is 24.3 Å². The molecule has 1 aliphatic rings. The maximum absolute atomic E-state index is 11.7. The lowest BCUT2D eigenvalue weighted by Gasteiger charge is -2.26. The predicted octanol–water partition coefficient (Wildman–Crippen LogP) is 0.486. The molecule has 1 aromatic rings. The molecule has 0 aliphatic carbocycles. The van der Waals surface area contributed by atoms with Crippen molar-refractivity contribution < 1.29 is 14.3 Å². The summed E-state index contributed by atoms with van der Waals surface area (Å²) >= 11 is 0. The number of benzene rings is 1. The SMILES string of the molecule is Nc1ccc(OCCC(=O)NCCN2CCOCC2)cc1. The van der Waals surface area contributed by atoms with E-state index in [0.717, 1.165) is 38.6 Å². The van der Waals surface area contributed by atoms with Crippen LogP contribution in [0.1, 0.15) is 6.42 Å². The highest BCUT2D eigenvalue weighted by Gasteiger charge is 2.10. The summed E-state index contributed by atoms with van der Waals surface area (Å²) in [4.78, 5) is 14.0. The van der Waals surface area contributed by atoms with Gasteiger partial charge in [0.15, 0.2) is 0 Å². The fourth-order valence-corrected chi connectivity index (χ4v) is 2.09. The van der Waals surface area contributed by atoms with Gasteiger partial charge in [0.1, 0.15) is 5.75 Å². The number of nitrogens with two attached hydrogens (primary N) is 1. The number of rotatable bonds is 7. The summed E-state index contributed by atoms with van der Waals surface area (Å²) in [5, 5.41) is 2.90. The van der Waals surface area contributed by atoms with Crippen LogP contribution in [0.3, 0.4) is 0 Å². The second kappa shape index (κ2) is 8.49. The fourth-order valence-electron chi connectivity index (χ4n) is 2.09. The van der Waals surface area contributed by atoms with Crippen molar-refractivity contribution in [2.45, 2.75) is 6.42 Å². The molecule has 0 bridgehead atoms. The van der Waals surface area contributed by atoms with Crippen molar-refractivity contribution in [3.05, 3.63) is 24.3 Å². The zero-order valence-corrected chi connectivity index (χ0v) is 12.2. The minimum absolute atomic E-state index is 0.0127. The Labute approximate surface area is 125 Å². The van der Waals surface area contributed by atoms with E-state index in [9.17, 15) is 4.79 Å². The molecule has 1 amide bonds. The number of hydrogen-bond donors (Lipinski definition) is 2. The molecular weight excluding hydrogens is 270 g/mol. The largest absolute Gasteiger partial charge is 0.493 e. The molecule has 116 valence electrons. The molecule has 21 heavy (non-hydrogen) atoms. The van der Waals surface area contributed by atoms with Gasteiger partial charge in [-0.15, -0.1) is 0 Å². The maximum Gasteiger partial charge on any atom is 0.223 e. The number of carbonyl (C=O) groups excluding carboxylic acids is 1. The quantitative estimate of drug-likeness (QED) is 0.715. The van der Waals surface area contributed by atoms with Crippen molar-refractivity contribution in [2.75, 3.05) is 51.7 Å². The van der Waals surface area contributed by atoms with Gasteiger partial charge in [-0.1, -0.05) is 0 Å². The molecule has 0 unspecified atom stereocenters. The Balaban J connectivity index is 1.54. The van der Waals surface area contributed by atoms with E-state index in [1.54, 1.807) is 24.3 Å². The number of morpholine rings is 1. The smallest absolute Gasteiger partial charge is 0.223 e. The van der Waals surface area contributed by atoms with Gasteiger partial charge >= 0.3 is 0 Å². The molecule has 1 aliphatic heterocycles. The van der Waals surface area contributed by atoms with Gasteiger partial charge in [0.05, 0.1) is 26.2 Å². The Morgan fingerprint density at radius 3 is 2.71 bits per heavy atom. The summed E-state index contributed by atoms with van der Waals surface area (Å²) in [5.74, 6) is 0.740. The normalized spacial score (nSPS) is 15.6. The average molecular weight is 293 g/mol. The second-order valence-electron chi connectivity index (χ2n) is 4.97. The van der Waals surface area contributed by atoms with Crippen molar-refractivity contribution in [2.24, 2.45) is 0 Å². The summed E-state index contributed by atoms with van der Waals surface area (Å²) in [6, 6.07) is 7.15. The first kappa shape index (κ1) is 15.6. The molecule has 1 saturated heterocycles. The predicted molar refractivity (Wildman–Crippen MR) is 81.2 cm³/mol. The Morgan fingerprint density at radius 2 is 2.00 bits per heavy atom. The van der Waals surface area contributed by atoms with Crippen LogP contribution in [0.25, 0.3) is 0 Å². The van der Waals surface area contributed by atoms with Crippen molar-refractivity contribution in [3.8, 4) is 5.75 Å². The monoisotopic (exact) mass is 293 g/mol. The lowest BCUT2D eigenvalue weighted by Crippen LogP contribution is -2.41. The summed E-state index contributed by atoms with van der Waals surface area (Å²) in [6.07, 6.45) is 0.355. The van der Waals surface area contributed by atoms with Crippen molar-refractivity contribution in [3.63, 3.8) is 0 Å². The van der Waals surface area contributed by atoms with E-state index >= 15 is 0 Å². The molecule has 1 heterocycles. The summed E-state index contributed by atoms with van der Waals surface area (Å²) in [7, 11) is 0. The minimum atomic E-state index is 0.0127. The molecule has 0 spiro atoms. The van der Waals surface area contributed by atoms with Crippen LogP contribution in [-0.2, 0) is 9.53 Å². The van der Waals surface area contributed by atoms with Gasteiger partial charge in [-0.25, -0.2) is 0 Å². The molecule has 0 aromatic heterocycles. The van der Waals surface area contributed by atoms with E-state index in [1.165, 1.54) is 0 Å². The first-order valence-corrected chi connectivity index (χ1v) is 7.29. The van der Waals surface area contributed by atoms with Crippen LogP contribution in [0.4, 0.5) is 5.69 Å². The number of anilines is 1. The van der Waals surface area contributed by atoms with E-state index in [-0.39, 0.29) is 5.91 Å². The second-order valence-corrected chi connectivity index (χ2v) is 4.97. The van der Waals surface area contributed by atoms with Gasteiger partial charge in [0.2, 0.25) is 5.91 Å². The highest BCUT2D eigenvalue weighted by atomic mass is 16.5. The van der Waals surface area contributed by atoms with Crippen molar-refractivity contribution in [1.29, 1.82) is 0 Å². The first-order chi connectivity index (χ1) is 10.2. The van der Waals surface area contributed by atoms with Gasteiger partial charge in [-0.05, 0) is 24.3 Å². The van der Waals surface area contributed by atoms with E-state index in [0.29, 0.717) is 25.3 Å². The number of nitrogens with one attached hydrogen (secondary N) is 1. The van der Waals surface area contributed by atoms with E-state index in [4.69, 9.17) is 15.2 Å².